The molecule has 0 aliphatic rings. The molecule has 0 spiro atoms. The van der Waals surface area contributed by atoms with E-state index in [1.54, 1.807) is 22.7 Å². The average molecular weight is 362 g/mol. The minimum absolute atomic E-state index is 0.275. The molecular formula is C16H15N3OS3. The highest BCUT2D eigenvalue weighted by Gasteiger charge is 2.07. The van der Waals surface area contributed by atoms with Crippen molar-refractivity contribution < 1.29 is 4.79 Å². The van der Waals surface area contributed by atoms with E-state index in [1.165, 1.54) is 17.3 Å². The van der Waals surface area contributed by atoms with Crippen LogP contribution in [-0.4, -0.2) is 16.6 Å². The molecule has 3 rings (SSSR count). The van der Waals surface area contributed by atoms with Crippen molar-refractivity contribution in [2.45, 2.75) is 11.4 Å². The number of hydrogen-bond acceptors (Lipinski definition) is 6. The van der Waals surface area contributed by atoms with E-state index < -0.39 is 0 Å². The van der Waals surface area contributed by atoms with Crippen LogP contribution in [0.5, 0.6) is 0 Å². The lowest BCUT2D eigenvalue weighted by atomic mass is 10.3. The Labute approximate surface area is 146 Å². The lowest BCUT2D eigenvalue weighted by Crippen LogP contribution is -2.13. The van der Waals surface area contributed by atoms with Gasteiger partial charge in [0.15, 0.2) is 0 Å². The number of thiophene rings is 1. The topological polar surface area (TPSA) is 68.0 Å². The number of thioether (sulfide) groups is 1. The summed E-state index contributed by atoms with van der Waals surface area (Å²) in [4.78, 5) is 16.6. The number of primary amides is 1. The second-order valence-electron chi connectivity index (χ2n) is 4.76. The van der Waals surface area contributed by atoms with Gasteiger partial charge in [-0.2, -0.15) is 11.3 Å². The van der Waals surface area contributed by atoms with Crippen molar-refractivity contribution in [3.63, 3.8) is 0 Å². The van der Waals surface area contributed by atoms with Crippen LogP contribution in [0.4, 0.5) is 5.69 Å². The predicted octanol–water partition coefficient (Wildman–Crippen LogP) is 4.06. The van der Waals surface area contributed by atoms with Crippen LogP contribution in [0.25, 0.3) is 10.6 Å². The van der Waals surface area contributed by atoms with E-state index >= 15 is 0 Å². The van der Waals surface area contributed by atoms with Crippen LogP contribution < -0.4 is 11.1 Å². The Morgan fingerprint density at radius 2 is 2.13 bits per heavy atom. The van der Waals surface area contributed by atoms with Crippen LogP contribution in [0.1, 0.15) is 5.69 Å². The molecule has 0 fully saturated rings. The Kier molecular flexibility index (Phi) is 5.32. The normalized spacial score (nSPS) is 10.6. The molecule has 1 aromatic carbocycles. The zero-order chi connectivity index (χ0) is 16.1. The maximum atomic E-state index is 11.0. The molecule has 118 valence electrons. The zero-order valence-corrected chi connectivity index (χ0v) is 14.6. The molecule has 0 aliphatic carbocycles. The summed E-state index contributed by atoms with van der Waals surface area (Å²) in [7, 11) is 0. The number of nitrogens with zero attached hydrogens (tertiary/aromatic N) is 1. The predicted molar refractivity (Wildman–Crippen MR) is 99.1 cm³/mol. The summed E-state index contributed by atoms with van der Waals surface area (Å²) in [6.45, 7) is 0.648. The average Bonchev–Trinajstić information content (AvgIpc) is 3.22. The van der Waals surface area contributed by atoms with Crippen molar-refractivity contribution in [2.75, 3.05) is 11.1 Å². The Balaban J connectivity index is 1.65. The Bertz CT molecular complexity index is 783. The number of amides is 1. The Morgan fingerprint density at radius 1 is 1.26 bits per heavy atom. The number of nitrogens with two attached hydrogens (primary N) is 1. The first-order valence-corrected chi connectivity index (χ1v) is 9.74. The van der Waals surface area contributed by atoms with Crippen molar-refractivity contribution in [3.8, 4) is 10.6 Å². The number of aromatic nitrogens is 1. The maximum Gasteiger partial charge on any atom is 0.227 e. The third-order valence-electron chi connectivity index (χ3n) is 3.04. The molecule has 2 heterocycles. The minimum atomic E-state index is -0.315. The van der Waals surface area contributed by atoms with Gasteiger partial charge in [0.05, 0.1) is 18.0 Å². The molecule has 0 radical (unpaired) electrons. The molecule has 0 saturated heterocycles. The van der Waals surface area contributed by atoms with E-state index in [1.807, 2.05) is 24.3 Å². The van der Waals surface area contributed by atoms with Gasteiger partial charge in [-0.3, -0.25) is 4.79 Å². The first kappa shape index (κ1) is 16.0. The fraction of sp³-hybridized carbons (Fsp3) is 0.125. The molecule has 23 heavy (non-hydrogen) atoms. The van der Waals surface area contributed by atoms with Crippen molar-refractivity contribution >= 4 is 46.0 Å². The number of nitrogens with one attached hydrogen (secondary N) is 1. The molecule has 3 N–H and O–H groups in total. The lowest BCUT2D eigenvalue weighted by Gasteiger charge is -2.10. The first-order chi connectivity index (χ1) is 11.2. The SMILES string of the molecule is NC(=O)CSc1ccccc1NCc1csc(-c2ccsc2)n1. The van der Waals surface area contributed by atoms with Gasteiger partial charge in [-0.15, -0.1) is 23.1 Å². The molecular weight excluding hydrogens is 346 g/mol. The number of benzene rings is 1. The Hall–Kier alpha value is -1.83. The number of para-hydroxylation sites is 1. The number of thiazole rings is 1. The summed E-state index contributed by atoms with van der Waals surface area (Å²) in [5, 5.41) is 10.7. The van der Waals surface area contributed by atoms with Crippen LogP contribution in [-0.2, 0) is 11.3 Å². The number of hydrogen-bond donors (Lipinski definition) is 2. The van der Waals surface area contributed by atoms with Gasteiger partial charge in [-0.25, -0.2) is 4.98 Å². The van der Waals surface area contributed by atoms with Crippen LogP contribution in [0, 0.1) is 0 Å². The number of carbonyl (C=O) groups is 1. The summed E-state index contributed by atoms with van der Waals surface area (Å²) in [6, 6.07) is 9.97. The molecule has 0 aliphatic heterocycles. The van der Waals surface area contributed by atoms with E-state index in [0.29, 0.717) is 6.54 Å². The van der Waals surface area contributed by atoms with E-state index in [2.05, 4.69) is 32.5 Å². The largest absolute Gasteiger partial charge is 0.378 e. The smallest absolute Gasteiger partial charge is 0.227 e. The summed E-state index contributed by atoms with van der Waals surface area (Å²) >= 11 is 4.76. The van der Waals surface area contributed by atoms with Crippen LogP contribution in [0.3, 0.4) is 0 Å². The molecule has 7 heteroatoms. The highest BCUT2D eigenvalue weighted by molar-refractivity contribution is 8.00. The molecule has 1 amide bonds. The van der Waals surface area contributed by atoms with Gasteiger partial charge in [0, 0.05) is 26.9 Å². The standard InChI is InChI=1S/C16H15N3OS3/c17-15(20)10-22-14-4-2-1-3-13(14)18-7-12-9-23-16(19-12)11-5-6-21-8-11/h1-6,8-9,18H,7,10H2,(H2,17,20). The highest BCUT2D eigenvalue weighted by Crippen LogP contribution is 2.28. The maximum absolute atomic E-state index is 11.0. The molecule has 0 saturated carbocycles. The van der Waals surface area contributed by atoms with Crippen molar-refractivity contribution in [1.29, 1.82) is 0 Å². The number of rotatable bonds is 7. The molecule has 2 aromatic heterocycles. The quantitative estimate of drug-likeness (QED) is 0.623. The monoisotopic (exact) mass is 361 g/mol. The third kappa shape index (κ3) is 4.34. The fourth-order valence-electron chi connectivity index (χ4n) is 1.98. The summed E-state index contributed by atoms with van der Waals surface area (Å²) < 4.78 is 0. The molecule has 0 atom stereocenters. The fourth-order valence-corrected chi connectivity index (χ4v) is 4.28. The van der Waals surface area contributed by atoms with Crippen molar-refractivity contribution in [1.82, 2.24) is 4.98 Å². The molecule has 3 aromatic rings. The summed E-state index contributed by atoms with van der Waals surface area (Å²) in [5.74, 6) is -0.0396. The molecule has 4 nitrogen and oxygen atoms in total. The van der Waals surface area contributed by atoms with Gasteiger partial charge >= 0.3 is 0 Å². The van der Waals surface area contributed by atoms with Gasteiger partial charge in [0.2, 0.25) is 5.91 Å². The van der Waals surface area contributed by atoms with Gasteiger partial charge < -0.3 is 11.1 Å². The van der Waals surface area contributed by atoms with Crippen LogP contribution in [0.15, 0.2) is 51.4 Å². The lowest BCUT2D eigenvalue weighted by molar-refractivity contribution is -0.115. The first-order valence-electron chi connectivity index (χ1n) is 6.93. The van der Waals surface area contributed by atoms with Crippen LogP contribution >= 0.6 is 34.4 Å². The van der Waals surface area contributed by atoms with E-state index in [0.717, 1.165) is 21.3 Å². The van der Waals surface area contributed by atoms with Gasteiger partial charge in [0.1, 0.15) is 5.01 Å². The van der Waals surface area contributed by atoms with Crippen molar-refractivity contribution in [2.24, 2.45) is 5.73 Å². The summed E-state index contributed by atoms with van der Waals surface area (Å²) in [5.41, 5.74) is 8.38. The second-order valence-corrected chi connectivity index (χ2v) is 7.42. The number of anilines is 1. The minimum Gasteiger partial charge on any atom is -0.378 e. The molecule has 0 unspecified atom stereocenters. The van der Waals surface area contributed by atoms with E-state index in [9.17, 15) is 4.79 Å². The van der Waals surface area contributed by atoms with Crippen LogP contribution in [0.2, 0.25) is 0 Å². The zero-order valence-electron chi connectivity index (χ0n) is 12.2. The number of carbonyl (C=O) groups excluding carboxylic acids is 1. The van der Waals surface area contributed by atoms with Crippen molar-refractivity contribution in [3.05, 3.63) is 52.2 Å². The van der Waals surface area contributed by atoms with E-state index in [4.69, 9.17) is 5.73 Å². The van der Waals surface area contributed by atoms with Gasteiger partial charge in [0.25, 0.3) is 0 Å². The van der Waals surface area contributed by atoms with Gasteiger partial charge in [-0.05, 0) is 23.6 Å². The van der Waals surface area contributed by atoms with Gasteiger partial charge in [-0.1, -0.05) is 12.1 Å². The molecule has 0 bridgehead atoms. The highest BCUT2D eigenvalue weighted by atomic mass is 32.2. The summed E-state index contributed by atoms with van der Waals surface area (Å²) in [6.07, 6.45) is 0. The van der Waals surface area contributed by atoms with E-state index in [-0.39, 0.29) is 11.7 Å². The second kappa shape index (κ2) is 7.63. The Morgan fingerprint density at radius 3 is 2.91 bits per heavy atom. The third-order valence-corrected chi connectivity index (χ3v) is 5.76.